The summed E-state index contributed by atoms with van der Waals surface area (Å²) in [5.41, 5.74) is 4.41. The van der Waals surface area contributed by atoms with Crippen molar-refractivity contribution in [2.45, 2.75) is 199 Å². The van der Waals surface area contributed by atoms with Crippen molar-refractivity contribution in [2.24, 2.45) is 56.7 Å². The van der Waals surface area contributed by atoms with Crippen LogP contribution in [-0.2, 0) is 6.42 Å². The van der Waals surface area contributed by atoms with E-state index in [-0.39, 0.29) is 0 Å². The first-order chi connectivity index (χ1) is 24.1. The smallest absolute Gasteiger partial charge is 0.00372 e. The molecule has 0 bridgehead atoms. The van der Waals surface area contributed by atoms with E-state index in [1.54, 1.807) is 141 Å². The Kier molecular flexibility index (Phi) is 9.47. The van der Waals surface area contributed by atoms with Crippen LogP contribution < -0.4 is 0 Å². The molecule has 0 heteroatoms. The van der Waals surface area contributed by atoms with Gasteiger partial charge in [0.2, 0.25) is 0 Å². The van der Waals surface area contributed by atoms with Gasteiger partial charge in [-0.1, -0.05) is 171 Å². The fraction of sp³-hybridized carbons (Fsp3) is 0.837. The molecule has 0 spiro atoms. The molecule has 0 aliphatic heterocycles. The SMILES string of the molecule is C(=C\[C@]1(C2(C3(C4(CC5CC5)CCCCC4)CCCC3)CCC2)C(CC2CCCCC2)[C@@]1(CC1CCCC1)CC1CCC1)/Cc1ccccc1. The summed E-state index contributed by atoms with van der Waals surface area (Å²) in [6.45, 7) is 0. The maximum absolute atomic E-state index is 3.15. The summed E-state index contributed by atoms with van der Waals surface area (Å²) in [5.74, 6) is 5.11. The molecule has 9 rings (SSSR count). The highest BCUT2D eigenvalue weighted by atomic mass is 14.9. The summed E-state index contributed by atoms with van der Waals surface area (Å²) in [6, 6.07) is 11.6. The molecule has 3 atom stereocenters. The third kappa shape index (κ3) is 5.62. The number of benzene rings is 1. The van der Waals surface area contributed by atoms with E-state index in [0.29, 0.717) is 27.1 Å². The van der Waals surface area contributed by atoms with Crippen LogP contribution in [-0.4, -0.2) is 0 Å². The van der Waals surface area contributed by atoms with Gasteiger partial charge in [-0.25, -0.2) is 0 Å². The van der Waals surface area contributed by atoms with Crippen LogP contribution in [0.15, 0.2) is 42.5 Å². The molecule has 1 aromatic rings. The van der Waals surface area contributed by atoms with Gasteiger partial charge in [-0.2, -0.15) is 0 Å². The predicted octanol–water partition coefficient (Wildman–Crippen LogP) is 14.6. The van der Waals surface area contributed by atoms with Gasteiger partial charge in [0.25, 0.3) is 0 Å². The molecule has 1 unspecified atom stereocenters. The van der Waals surface area contributed by atoms with Crippen molar-refractivity contribution < 1.29 is 0 Å². The minimum absolute atomic E-state index is 0.459. The highest BCUT2D eigenvalue weighted by Gasteiger charge is 2.86. The fourth-order valence-corrected chi connectivity index (χ4v) is 16.1. The van der Waals surface area contributed by atoms with E-state index >= 15 is 0 Å². The van der Waals surface area contributed by atoms with Crippen molar-refractivity contribution in [3.8, 4) is 0 Å². The maximum Gasteiger partial charge on any atom is 0.00372 e. The van der Waals surface area contributed by atoms with Gasteiger partial charge in [0.15, 0.2) is 0 Å². The van der Waals surface area contributed by atoms with Gasteiger partial charge in [-0.3, -0.25) is 0 Å². The van der Waals surface area contributed by atoms with Crippen LogP contribution >= 0.6 is 0 Å². The van der Waals surface area contributed by atoms with E-state index in [2.05, 4.69) is 42.5 Å². The molecule has 8 saturated carbocycles. The second kappa shape index (κ2) is 13.7. The van der Waals surface area contributed by atoms with Gasteiger partial charge in [0.1, 0.15) is 0 Å². The molecule has 0 heterocycles. The van der Waals surface area contributed by atoms with Gasteiger partial charge in [0.05, 0.1) is 0 Å². The van der Waals surface area contributed by atoms with Gasteiger partial charge in [-0.05, 0) is 127 Å². The summed E-state index contributed by atoms with van der Waals surface area (Å²) >= 11 is 0. The Morgan fingerprint density at radius 1 is 0.490 bits per heavy atom. The summed E-state index contributed by atoms with van der Waals surface area (Å²) in [4.78, 5) is 0. The normalized spacial score (nSPS) is 36.1. The zero-order chi connectivity index (χ0) is 32.8. The number of hydrogen-bond donors (Lipinski definition) is 0. The zero-order valence-electron chi connectivity index (χ0n) is 31.8. The van der Waals surface area contributed by atoms with E-state index in [1.165, 1.54) is 56.9 Å². The quantitative estimate of drug-likeness (QED) is 0.174. The van der Waals surface area contributed by atoms with Crippen molar-refractivity contribution >= 4 is 0 Å². The van der Waals surface area contributed by atoms with E-state index in [1.807, 2.05) is 0 Å². The fourth-order valence-electron chi connectivity index (χ4n) is 16.1. The van der Waals surface area contributed by atoms with Gasteiger partial charge in [0, 0.05) is 5.41 Å². The van der Waals surface area contributed by atoms with Crippen LogP contribution in [0.25, 0.3) is 0 Å². The Morgan fingerprint density at radius 3 is 1.63 bits per heavy atom. The molecule has 49 heavy (non-hydrogen) atoms. The maximum atomic E-state index is 3.15. The van der Waals surface area contributed by atoms with E-state index in [4.69, 9.17) is 0 Å². The molecule has 0 N–H and O–H groups in total. The number of rotatable bonds is 14. The molecule has 270 valence electrons. The molecule has 8 aliphatic carbocycles. The first-order valence-electron chi connectivity index (χ1n) is 22.9. The van der Waals surface area contributed by atoms with Crippen LogP contribution in [0.1, 0.15) is 198 Å². The average Bonchev–Trinajstić information content (AvgIpc) is 3.75. The summed E-state index contributed by atoms with van der Waals surface area (Å²) in [6.07, 6.45) is 53.9. The predicted molar refractivity (Wildman–Crippen MR) is 207 cm³/mol. The summed E-state index contributed by atoms with van der Waals surface area (Å²) in [7, 11) is 0. The zero-order valence-corrected chi connectivity index (χ0v) is 31.8. The lowest BCUT2D eigenvalue weighted by Crippen LogP contribution is -2.61. The second-order valence-electron chi connectivity index (χ2n) is 20.5. The van der Waals surface area contributed by atoms with Crippen molar-refractivity contribution in [1.29, 1.82) is 0 Å². The molecule has 1 aromatic carbocycles. The molecule has 8 fully saturated rings. The average molecular weight is 663 g/mol. The molecule has 0 amide bonds. The molecule has 0 saturated heterocycles. The number of allylic oxidation sites excluding steroid dienone is 2. The van der Waals surface area contributed by atoms with Crippen LogP contribution in [0.2, 0.25) is 0 Å². The topological polar surface area (TPSA) is 0 Å². The Labute approximate surface area is 302 Å². The Balaban J connectivity index is 1.21. The van der Waals surface area contributed by atoms with Gasteiger partial charge < -0.3 is 0 Å². The van der Waals surface area contributed by atoms with Crippen molar-refractivity contribution in [3.05, 3.63) is 48.0 Å². The largest absolute Gasteiger partial charge is 0.0835 e. The minimum atomic E-state index is 0.459. The molecule has 0 nitrogen and oxygen atoms in total. The second-order valence-corrected chi connectivity index (χ2v) is 20.5. The third-order valence-corrected chi connectivity index (χ3v) is 18.4. The standard InChI is InChI=1S/C49H74/c1-4-17-39(18-5-1)25-15-34-49(48(32-16-33-48)47(30-12-13-31-47)45(36-43-26-27-43)28-10-3-11-29-45)44(35-40-19-6-2-7-20-40)46(49,38-42-23-14-24-42)37-41-21-8-9-22-41/h1,4-5,15,17-18,34,40-44H,2-3,6-14,16,19-33,35-38H2/b34-15+/t44?,46-,49+/m1/s1. The van der Waals surface area contributed by atoms with E-state index in [9.17, 15) is 0 Å². The lowest BCUT2D eigenvalue weighted by molar-refractivity contribution is -0.191. The lowest BCUT2D eigenvalue weighted by atomic mass is 9.35. The van der Waals surface area contributed by atoms with Crippen LogP contribution in [0, 0.1) is 56.7 Å². The molecular formula is C49H74. The van der Waals surface area contributed by atoms with E-state index < -0.39 is 0 Å². The molecule has 8 aliphatic rings. The third-order valence-electron chi connectivity index (χ3n) is 18.4. The Bertz CT molecular complexity index is 1250. The van der Waals surface area contributed by atoms with Crippen LogP contribution in [0.5, 0.6) is 0 Å². The monoisotopic (exact) mass is 663 g/mol. The summed E-state index contributed by atoms with van der Waals surface area (Å²) in [5, 5.41) is 0. The Morgan fingerprint density at radius 2 is 1.04 bits per heavy atom. The Hall–Kier alpha value is -1.04. The molecule has 0 radical (unpaired) electrons. The van der Waals surface area contributed by atoms with Crippen molar-refractivity contribution in [2.75, 3.05) is 0 Å². The van der Waals surface area contributed by atoms with E-state index in [0.717, 1.165) is 36.0 Å². The number of hydrogen-bond acceptors (Lipinski definition) is 0. The first kappa shape index (κ1) is 33.8. The minimum Gasteiger partial charge on any atom is -0.0835 e. The van der Waals surface area contributed by atoms with Crippen LogP contribution in [0.4, 0.5) is 0 Å². The molecule has 0 aromatic heterocycles. The first-order valence-corrected chi connectivity index (χ1v) is 22.9. The van der Waals surface area contributed by atoms with Crippen molar-refractivity contribution in [3.63, 3.8) is 0 Å². The lowest BCUT2D eigenvalue weighted by Gasteiger charge is -2.69. The molecular weight excluding hydrogens is 589 g/mol. The van der Waals surface area contributed by atoms with Crippen LogP contribution in [0.3, 0.4) is 0 Å². The highest BCUT2D eigenvalue weighted by Crippen LogP contribution is 2.92. The highest BCUT2D eigenvalue weighted by molar-refractivity contribution is 5.40. The van der Waals surface area contributed by atoms with Gasteiger partial charge >= 0.3 is 0 Å². The van der Waals surface area contributed by atoms with Gasteiger partial charge in [-0.15, -0.1) is 0 Å². The van der Waals surface area contributed by atoms with Crippen molar-refractivity contribution in [1.82, 2.24) is 0 Å². The summed E-state index contributed by atoms with van der Waals surface area (Å²) < 4.78 is 0.